The number of carbonyl (C=O) groups excluding carboxylic acids is 1. The highest BCUT2D eigenvalue weighted by Gasteiger charge is 2.16. The van der Waals surface area contributed by atoms with Crippen molar-refractivity contribution in [2.75, 3.05) is 11.6 Å². The lowest BCUT2D eigenvalue weighted by atomic mass is 10.1. The molecule has 0 saturated carbocycles. The molecule has 0 bridgehead atoms. The maximum atomic E-state index is 13.5. The minimum atomic E-state index is -3.46. The summed E-state index contributed by atoms with van der Waals surface area (Å²) in [6, 6.07) is 2.48. The molecule has 0 aliphatic rings. The molecule has 1 atom stereocenters. The van der Waals surface area contributed by atoms with E-state index in [0.29, 0.717) is 6.42 Å². The van der Waals surface area contributed by atoms with Crippen LogP contribution in [0.3, 0.4) is 0 Å². The fraction of sp³-hybridized carbons (Fsp3) is 0.417. The van der Waals surface area contributed by atoms with Gasteiger partial charge < -0.3 is 11.1 Å². The smallest absolute Gasteiger partial charge is 0.241 e. The summed E-state index contributed by atoms with van der Waals surface area (Å²) < 4.78 is 36.2. The van der Waals surface area contributed by atoms with Crippen LogP contribution in [0.5, 0.6) is 0 Å². The molecule has 0 saturated heterocycles. The molecule has 1 rings (SSSR count). The lowest BCUT2D eigenvalue weighted by Crippen LogP contribution is -2.35. The Morgan fingerprint density at radius 2 is 2.11 bits per heavy atom. The van der Waals surface area contributed by atoms with E-state index in [9.17, 15) is 17.6 Å². The molecule has 0 heterocycles. The van der Waals surface area contributed by atoms with E-state index in [0.717, 1.165) is 30.9 Å². The van der Waals surface area contributed by atoms with Gasteiger partial charge in [-0.1, -0.05) is 13.3 Å². The number of rotatable bonds is 5. The number of sulfone groups is 1. The monoisotopic (exact) mass is 288 g/mol. The predicted octanol–water partition coefficient (Wildman–Crippen LogP) is 1.30. The fourth-order valence-electron chi connectivity index (χ4n) is 1.50. The van der Waals surface area contributed by atoms with Crippen molar-refractivity contribution < 1.29 is 17.6 Å². The number of amides is 1. The van der Waals surface area contributed by atoms with Gasteiger partial charge in [-0.2, -0.15) is 0 Å². The third kappa shape index (κ3) is 4.29. The average Bonchev–Trinajstić information content (AvgIpc) is 2.30. The first-order valence-corrected chi connectivity index (χ1v) is 7.71. The van der Waals surface area contributed by atoms with Crippen LogP contribution in [0.2, 0.25) is 0 Å². The Balaban J connectivity index is 2.98. The summed E-state index contributed by atoms with van der Waals surface area (Å²) in [5, 5.41) is 2.30. The molecule has 1 aromatic carbocycles. The Bertz CT molecular complexity index is 572. The van der Waals surface area contributed by atoms with Crippen LogP contribution < -0.4 is 11.1 Å². The largest absolute Gasteiger partial charge is 0.322 e. The fourth-order valence-corrected chi connectivity index (χ4v) is 2.15. The van der Waals surface area contributed by atoms with Gasteiger partial charge in [0, 0.05) is 6.26 Å². The lowest BCUT2D eigenvalue weighted by molar-refractivity contribution is -0.117. The third-order valence-electron chi connectivity index (χ3n) is 2.56. The summed E-state index contributed by atoms with van der Waals surface area (Å²) >= 11 is 0. The zero-order valence-electron chi connectivity index (χ0n) is 10.8. The minimum absolute atomic E-state index is 0.0618. The standard InChI is InChI=1S/C12H17FN2O3S/c1-3-4-10(14)12(16)15-11-7-8(19(2,17)18)5-6-9(11)13/h5-7,10H,3-4,14H2,1-2H3,(H,15,16). The van der Waals surface area contributed by atoms with Gasteiger partial charge in [0.25, 0.3) is 0 Å². The first kappa shape index (κ1) is 15.6. The number of nitrogens with one attached hydrogen (secondary N) is 1. The van der Waals surface area contributed by atoms with E-state index in [1.807, 2.05) is 6.92 Å². The Labute approximate surface area is 111 Å². The van der Waals surface area contributed by atoms with Crippen molar-refractivity contribution in [2.24, 2.45) is 5.73 Å². The summed E-state index contributed by atoms with van der Waals surface area (Å²) in [6.45, 7) is 1.87. The second-order valence-electron chi connectivity index (χ2n) is 4.30. The molecule has 106 valence electrons. The normalized spacial score (nSPS) is 13.1. The summed E-state index contributed by atoms with van der Waals surface area (Å²) in [6.07, 6.45) is 2.20. The van der Waals surface area contributed by atoms with E-state index in [4.69, 9.17) is 5.73 Å². The van der Waals surface area contributed by atoms with Crippen LogP contribution in [0.25, 0.3) is 0 Å². The molecule has 19 heavy (non-hydrogen) atoms. The Morgan fingerprint density at radius 1 is 1.47 bits per heavy atom. The number of hydrogen-bond donors (Lipinski definition) is 2. The molecule has 0 fully saturated rings. The van der Waals surface area contributed by atoms with Crippen molar-refractivity contribution in [1.82, 2.24) is 0 Å². The molecule has 5 nitrogen and oxygen atoms in total. The summed E-state index contributed by atoms with van der Waals surface area (Å²) in [5.74, 6) is -1.24. The van der Waals surface area contributed by atoms with Crippen LogP contribution in [-0.4, -0.2) is 26.6 Å². The Hall–Kier alpha value is -1.47. The number of nitrogens with two attached hydrogens (primary N) is 1. The molecule has 0 radical (unpaired) electrons. The van der Waals surface area contributed by atoms with E-state index >= 15 is 0 Å². The van der Waals surface area contributed by atoms with Gasteiger partial charge in [0.2, 0.25) is 5.91 Å². The summed E-state index contributed by atoms with van der Waals surface area (Å²) in [4.78, 5) is 11.6. The number of hydrogen-bond acceptors (Lipinski definition) is 4. The van der Waals surface area contributed by atoms with Crippen molar-refractivity contribution >= 4 is 21.4 Å². The Kier molecular flexibility index (Phi) is 5.02. The molecule has 0 aliphatic heterocycles. The Morgan fingerprint density at radius 3 is 2.63 bits per heavy atom. The molecule has 1 aromatic rings. The molecule has 0 aromatic heterocycles. The van der Waals surface area contributed by atoms with Gasteiger partial charge in [-0.3, -0.25) is 4.79 Å². The first-order chi connectivity index (χ1) is 8.75. The number of benzene rings is 1. The van der Waals surface area contributed by atoms with Crippen LogP contribution in [0.1, 0.15) is 19.8 Å². The molecule has 0 aliphatic carbocycles. The minimum Gasteiger partial charge on any atom is -0.322 e. The van der Waals surface area contributed by atoms with E-state index in [1.165, 1.54) is 0 Å². The molecule has 7 heteroatoms. The van der Waals surface area contributed by atoms with Crippen LogP contribution in [0.4, 0.5) is 10.1 Å². The second-order valence-corrected chi connectivity index (χ2v) is 6.31. The lowest BCUT2D eigenvalue weighted by Gasteiger charge is -2.12. The quantitative estimate of drug-likeness (QED) is 0.799. The van der Waals surface area contributed by atoms with E-state index in [1.54, 1.807) is 0 Å². The third-order valence-corrected chi connectivity index (χ3v) is 3.67. The highest BCUT2D eigenvalue weighted by atomic mass is 32.2. The summed E-state index contributed by atoms with van der Waals surface area (Å²) in [5.41, 5.74) is 5.42. The SMILES string of the molecule is CCCC(N)C(=O)Nc1cc(S(C)(=O)=O)ccc1F. The van der Waals surface area contributed by atoms with Gasteiger partial charge in [-0.25, -0.2) is 12.8 Å². The van der Waals surface area contributed by atoms with E-state index in [2.05, 4.69) is 5.32 Å². The highest BCUT2D eigenvalue weighted by molar-refractivity contribution is 7.90. The predicted molar refractivity (Wildman–Crippen MR) is 71.0 cm³/mol. The van der Waals surface area contributed by atoms with Gasteiger partial charge in [0.1, 0.15) is 5.82 Å². The van der Waals surface area contributed by atoms with Gasteiger partial charge in [-0.15, -0.1) is 0 Å². The van der Waals surface area contributed by atoms with Gasteiger partial charge in [0.15, 0.2) is 9.84 Å². The molecular formula is C12H17FN2O3S. The second kappa shape index (κ2) is 6.12. The van der Waals surface area contributed by atoms with Crippen molar-refractivity contribution in [2.45, 2.75) is 30.7 Å². The first-order valence-electron chi connectivity index (χ1n) is 5.81. The van der Waals surface area contributed by atoms with Crippen molar-refractivity contribution in [1.29, 1.82) is 0 Å². The maximum Gasteiger partial charge on any atom is 0.241 e. The zero-order valence-corrected chi connectivity index (χ0v) is 11.6. The van der Waals surface area contributed by atoms with Crippen molar-refractivity contribution in [3.63, 3.8) is 0 Å². The molecule has 3 N–H and O–H groups in total. The van der Waals surface area contributed by atoms with Crippen LogP contribution in [-0.2, 0) is 14.6 Å². The topological polar surface area (TPSA) is 89.3 Å². The number of carbonyl (C=O) groups is 1. The molecule has 1 unspecified atom stereocenters. The highest BCUT2D eigenvalue weighted by Crippen LogP contribution is 2.19. The summed E-state index contributed by atoms with van der Waals surface area (Å²) in [7, 11) is -3.46. The molecule has 1 amide bonds. The van der Waals surface area contributed by atoms with Crippen LogP contribution >= 0.6 is 0 Å². The number of halogens is 1. The molecule has 0 spiro atoms. The van der Waals surface area contributed by atoms with Crippen LogP contribution in [0.15, 0.2) is 23.1 Å². The average molecular weight is 288 g/mol. The van der Waals surface area contributed by atoms with E-state index in [-0.39, 0.29) is 10.6 Å². The number of anilines is 1. The van der Waals surface area contributed by atoms with E-state index < -0.39 is 27.6 Å². The zero-order chi connectivity index (χ0) is 14.6. The van der Waals surface area contributed by atoms with Crippen molar-refractivity contribution in [3.8, 4) is 0 Å². The van der Waals surface area contributed by atoms with Gasteiger partial charge in [0.05, 0.1) is 16.6 Å². The van der Waals surface area contributed by atoms with Crippen molar-refractivity contribution in [3.05, 3.63) is 24.0 Å². The maximum absolute atomic E-state index is 13.5. The van der Waals surface area contributed by atoms with Gasteiger partial charge in [-0.05, 0) is 24.6 Å². The van der Waals surface area contributed by atoms with Gasteiger partial charge >= 0.3 is 0 Å². The van der Waals surface area contributed by atoms with Crippen LogP contribution in [0, 0.1) is 5.82 Å². The molecular weight excluding hydrogens is 271 g/mol.